The van der Waals surface area contributed by atoms with Crippen LogP contribution in [-0.4, -0.2) is 20.7 Å². The predicted molar refractivity (Wildman–Crippen MR) is 65.2 cm³/mol. The molecule has 1 unspecified atom stereocenters. The van der Waals surface area contributed by atoms with E-state index >= 15 is 0 Å². The van der Waals surface area contributed by atoms with Gasteiger partial charge >= 0.3 is 12.1 Å². The second kappa shape index (κ2) is 4.82. The molecule has 0 aliphatic carbocycles. The topological polar surface area (TPSA) is 62.5 Å². The maximum absolute atomic E-state index is 13.0. The lowest BCUT2D eigenvalue weighted by molar-refractivity contribution is -0.147. The first-order valence-electron chi connectivity index (χ1n) is 5.87. The molecule has 2 aromatic rings. The van der Waals surface area contributed by atoms with Crippen molar-refractivity contribution in [2.24, 2.45) is 0 Å². The second-order valence-electron chi connectivity index (χ2n) is 4.31. The number of benzene rings is 1. The van der Waals surface area contributed by atoms with Crippen molar-refractivity contribution < 1.29 is 28.2 Å². The van der Waals surface area contributed by atoms with Crippen molar-refractivity contribution in [3.8, 4) is 0 Å². The van der Waals surface area contributed by atoms with Gasteiger partial charge in [-0.3, -0.25) is 0 Å². The number of aryl methyl sites for hydroxylation is 1. The van der Waals surface area contributed by atoms with Crippen molar-refractivity contribution in [2.45, 2.75) is 25.7 Å². The average Bonchev–Trinajstić information content (AvgIpc) is 2.74. The highest BCUT2D eigenvalue weighted by molar-refractivity contribution is 5.92. The third kappa shape index (κ3) is 2.24. The van der Waals surface area contributed by atoms with Crippen LogP contribution in [0.5, 0.6) is 0 Å². The van der Waals surface area contributed by atoms with Crippen molar-refractivity contribution in [1.82, 2.24) is 4.57 Å². The molecule has 0 saturated carbocycles. The Labute approximate surface area is 112 Å². The molecule has 1 atom stereocenters. The number of aromatic nitrogens is 1. The lowest BCUT2D eigenvalue weighted by atomic mass is 10.0. The van der Waals surface area contributed by atoms with Crippen LogP contribution in [0.4, 0.5) is 13.2 Å². The zero-order valence-corrected chi connectivity index (χ0v) is 10.5. The Morgan fingerprint density at radius 2 is 2.05 bits per heavy atom. The predicted octanol–water partition coefficient (Wildman–Crippen LogP) is 2.80. The lowest BCUT2D eigenvalue weighted by Gasteiger charge is -2.11. The Kier molecular flexibility index (Phi) is 3.47. The standard InChI is InChI=1S/C13H12F3NO3/c1-2-17-6-7(11(18)12(19)20)10-8(13(14,15)16)4-3-5-9(10)17/h3-6,11,18H,2H2,1H3,(H,19,20). The van der Waals surface area contributed by atoms with E-state index in [-0.39, 0.29) is 16.5 Å². The molecule has 2 N–H and O–H groups in total. The summed E-state index contributed by atoms with van der Waals surface area (Å²) in [6, 6.07) is 3.60. The largest absolute Gasteiger partial charge is 0.479 e. The number of carboxylic acid groups (broad SMARTS) is 1. The normalized spacial score (nSPS) is 13.7. The first-order chi connectivity index (χ1) is 9.27. The minimum absolute atomic E-state index is 0.248. The third-order valence-corrected chi connectivity index (χ3v) is 3.11. The van der Waals surface area contributed by atoms with Crippen LogP contribution in [0, 0.1) is 0 Å². The summed E-state index contributed by atoms with van der Waals surface area (Å²) in [5.74, 6) is -1.59. The van der Waals surface area contributed by atoms with E-state index in [1.54, 1.807) is 6.92 Å². The Morgan fingerprint density at radius 3 is 2.55 bits per heavy atom. The van der Waals surface area contributed by atoms with Crippen LogP contribution >= 0.6 is 0 Å². The van der Waals surface area contributed by atoms with Crippen molar-refractivity contribution in [3.05, 3.63) is 35.5 Å². The van der Waals surface area contributed by atoms with E-state index in [1.807, 2.05) is 0 Å². The van der Waals surface area contributed by atoms with Gasteiger partial charge in [-0.15, -0.1) is 0 Å². The quantitative estimate of drug-likeness (QED) is 0.912. The van der Waals surface area contributed by atoms with Crippen LogP contribution in [-0.2, 0) is 17.5 Å². The van der Waals surface area contributed by atoms with E-state index in [9.17, 15) is 23.1 Å². The fourth-order valence-corrected chi connectivity index (χ4v) is 2.22. The maximum atomic E-state index is 13.0. The van der Waals surface area contributed by atoms with Crippen molar-refractivity contribution in [1.29, 1.82) is 0 Å². The first kappa shape index (κ1) is 14.4. The van der Waals surface area contributed by atoms with Crippen LogP contribution in [0.3, 0.4) is 0 Å². The fraction of sp³-hybridized carbons (Fsp3) is 0.308. The molecule has 2 rings (SSSR count). The van der Waals surface area contributed by atoms with Gasteiger partial charge in [-0.1, -0.05) is 6.07 Å². The molecule has 1 aromatic heterocycles. The number of fused-ring (bicyclic) bond motifs is 1. The number of halogens is 3. The number of rotatable bonds is 3. The number of nitrogens with zero attached hydrogens (tertiary/aromatic N) is 1. The Bertz CT molecular complexity index is 661. The molecule has 0 aliphatic heterocycles. The van der Waals surface area contributed by atoms with Crippen LogP contribution in [0.15, 0.2) is 24.4 Å². The summed E-state index contributed by atoms with van der Waals surface area (Å²) in [4.78, 5) is 10.9. The Hall–Kier alpha value is -2.02. The number of hydrogen-bond acceptors (Lipinski definition) is 2. The monoisotopic (exact) mass is 287 g/mol. The van der Waals surface area contributed by atoms with Crippen molar-refractivity contribution >= 4 is 16.9 Å². The van der Waals surface area contributed by atoms with Gasteiger partial charge < -0.3 is 14.8 Å². The molecule has 108 valence electrons. The summed E-state index contributed by atoms with van der Waals surface area (Å²) in [7, 11) is 0. The van der Waals surface area contributed by atoms with E-state index in [2.05, 4.69) is 0 Å². The summed E-state index contributed by atoms with van der Waals surface area (Å²) in [5, 5.41) is 18.2. The number of aliphatic hydroxyl groups excluding tert-OH is 1. The molecule has 0 fully saturated rings. The number of aliphatic carboxylic acids is 1. The van der Waals surface area contributed by atoms with E-state index < -0.39 is 23.8 Å². The minimum Gasteiger partial charge on any atom is -0.479 e. The lowest BCUT2D eigenvalue weighted by Crippen LogP contribution is -2.12. The highest BCUT2D eigenvalue weighted by atomic mass is 19.4. The number of hydrogen-bond donors (Lipinski definition) is 2. The zero-order valence-electron chi connectivity index (χ0n) is 10.5. The SMILES string of the molecule is CCn1cc(C(O)C(=O)O)c2c(C(F)(F)F)cccc21. The van der Waals surface area contributed by atoms with Gasteiger partial charge in [-0.25, -0.2) is 4.79 Å². The van der Waals surface area contributed by atoms with Crippen molar-refractivity contribution in [2.75, 3.05) is 0 Å². The third-order valence-electron chi connectivity index (χ3n) is 3.11. The van der Waals surface area contributed by atoms with E-state index in [4.69, 9.17) is 5.11 Å². The first-order valence-corrected chi connectivity index (χ1v) is 5.87. The highest BCUT2D eigenvalue weighted by Gasteiger charge is 2.35. The molecule has 4 nitrogen and oxygen atoms in total. The molecule has 1 aromatic carbocycles. The molecule has 0 radical (unpaired) electrons. The molecule has 0 aliphatic rings. The molecule has 0 spiro atoms. The van der Waals surface area contributed by atoms with Gasteiger partial charge in [0.25, 0.3) is 0 Å². The van der Waals surface area contributed by atoms with Gasteiger partial charge in [0.05, 0.1) is 5.56 Å². The van der Waals surface area contributed by atoms with Gasteiger partial charge in [0.1, 0.15) is 0 Å². The molecule has 0 amide bonds. The number of carboxylic acids is 1. The fourth-order valence-electron chi connectivity index (χ4n) is 2.22. The van der Waals surface area contributed by atoms with E-state index in [0.717, 1.165) is 6.07 Å². The summed E-state index contributed by atoms with van der Waals surface area (Å²) in [5.41, 5.74) is -0.947. The van der Waals surface area contributed by atoms with Crippen LogP contribution < -0.4 is 0 Å². The van der Waals surface area contributed by atoms with Gasteiger partial charge in [0, 0.05) is 29.2 Å². The van der Waals surface area contributed by atoms with Crippen molar-refractivity contribution in [3.63, 3.8) is 0 Å². The number of alkyl halides is 3. The highest BCUT2D eigenvalue weighted by Crippen LogP contribution is 2.38. The van der Waals surface area contributed by atoms with E-state index in [0.29, 0.717) is 6.54 Å². The van der Waals surface area contributed by atoms with Crippen LogP contribution in [0.1, 0.15) is 24.2 Å². The smallest absolute Gasteiger partial charge is 0.417 e. The number of carbonyl (C=O) groups is 1. The number of aliphatic hydroxyl groups is 1. The van der Waals surface area contributed by atoms with Gasteiger partial charge in [-0.05, 0) is 19.1 Å². The molecule has 0 bridgehead atoms. The Morgan fingerprint density at radius 1 is 1.40 bits per heavy atom. The molecule has 1 heterocycles. The van der Waals surface area contributed by atoms with Gasteiger partial charge in [0.2, 0.25) is 0 Å². The summed E-state index contributed by atoms with van der Waals surface area (Å²) >= 11 is 0. The molecule has 0 saturated heterocycles. The summed E-state index contributed by atoms with van der Waals surface area (Å²) in [6.45, 7) is 2.08. The maximum Gasteiger partial charge on any atom is 0.417 e. The molecular weight excluding hydrogens is 275 g/mol. The minimum atomic E-state index is -4.62. The molecule has 7 heteroatoms. The molecular formula is C13H12F3NO3. The summed E-state index contributed by atoms with van der Waals surface area (Å²) in [6.07, 6.45) is -5.36. The zero-order chi connectivity index (χ0) is 15.1. The van der Waals surface area contributed by atoms with Crippen LogP contribution in [0.2, 0.25) is 0 Å². The van der Waals surface area contributed by atoms with Gasteiger partial charge in [-0.2, -0.15) is 13.2 Å². The second-order valence-corrected chi connectivity index (χ2v) is 4.31. The Balaban J connectivity index is 2.84. The van der Waals surface area contributed by atoms with E-state index in [1.165, 1.54) is 22.9 Å². The van der Waals surface area contributed by atoms with Crippen LogP contribution in [0.25, 0.3) is 10.9 Å². The average molecular weight is 287 g/mol. The summed E-state index contributed by atoms with van der Waals surface area (Å²) < 4.78 is 40.6. The van der Waals surface area contributed by atoms with Gasteiger partial charge in [0.15, 0.2) is 6.10 Å². The molecule has 20 heavy (non-hydrogen) atoms.